The van der Waals surface area contributed by atoms with E-state index in [1.165, 1.54) is 17.6 Å². The van der Waals surface area contributed by atoms with E-state index < -0.39 is 12.0 Å². The van der Waals surface area contributed by atoms with Crippen molar-refractivity contribution >= 4 is 57.8 Å². The van der Waals surface area contributed by atoms with Gasteiger partial charge in [0.25, 0.3) is 0 Å². The van der Waals surface area contributed by atoms with Gasteiger partial charge in [-0.05, 0) is 49.8 Å². The van der Waals surface area contributed by atoms with E-state index in [1.807, 2.05) is 0 Å². The fraction of sp³-hybridized carbons (Fsp3) is 0.350. The van der Waals surface area contributed by atoms with E-state index in [-0.39, 0.29) is 6.61 Å². The average Bonchev–Trinajstić information content (AvgIpc) is 3.00. The van der Waals surface area contributed by atoms with Gasteiger partial charge in [-0.3, -0.25) is 5.32 Å². The molecule has 0 aliphatic heterocycles. The smallest absolute Gasteiger partial charge is 0.341 e. The quantitative estimate of drug-likeness (QED) is 0.355. The highest BCUT2D eigenvalue weighted by molar-refractivity contribution is 7.17. The van der Waals surface area contributed by atoms with Crippen LogP contribution in [-0.4, -0.2) is 24.8 Å². The van der Waals surface area contributed by atoms with Crippen LogP contribution in [0.4, 0.5) is 9.80 Å². The van der Waals surface area contributed by atoms with Crippen LogP contribution in [0.5, 0.6) is 0 Å². The Morgan fingerprint density at radius 2 is 2.17 bits per heavy atom. The van der Waals surface area contributed by atoms with Crippen LogP contribution in [0.15, 0.2) is 23.3 Å². The predicted molar refractivity (Wildman–Crippen MR) is 118 cm³/mol. The maximum Gasteiger partial charge on any atom is 0.341 e. The Morgan fingerprint density at radius 1 is 1.38 bits per heavy atom. The molecule has 0 saturated heterocycles. The third kappa shape index (κ3) is 5.29. The minimum atomic E-state index is -0.552. The summed E-state index contributed by atoms with van der Waals surface area (Å²) in [6, 6.07) is 4.41. The number of nitrogens with zero attached hydrogens (tertiary/aromatic N) is 1. The molecule has 0 radical (unpaired) electrons. The van der Waals surface area contributed by atoms with Gasteiger partial charge in [0.15, 0.2) is 0 Å². The first-order chi connectivity index (χ1) is 13.9. The molecule has 1 aromatic carbocycles. The van der Waals surface area contributed by atoms with Crippen LogP contribution in [0.1, 0.15) is 46.6 Å². The number of urea groups is 1. The number of rotatable bonds is 5. The third-order valence-electron chi connectivity index (χ3n) is 4.55. The lowest BCUT2D eigenvalue weighted by atomic mass is 9.88. The first-order valence-corrected chi connectivity index (χ1v) is 10.8. The average molecular weight is 454 g/mol. The number of thiophene rings is 1. The molecular weight excluding hydrogens is 433 g/mol. The molecule has 9 heteroatoms. The van der Waals surface area contributed by atoms with Crippen molar-refractivity contribution in [2.24, 2.45) is 11.0 Å². The van der Waals surface area contributed by atoms with Crippen molar-refractivity contribution in [3.8, 4) is 0 Å². The van der Waals surface area contributed by atoms with Gasteiger partial charge in [0.05, 0.1) is 23.4 Å². The highest BCUT2D eigenvalue weighted by Gasteiger charge is 2.29. The first kappa shape index (κ1) is 21.6. The molecule has 1 unspecified atom stereocenters. The van der Waals surface area contributed by atoms with Gasteiger partial charge in [-0.15, -0.1) is 11.3 Å². The standard InChI is InChI=1S/C20H21Cl2N3O3S/c1-3-28-19(26)17-14-7-4-11(2)8-16(14)29-18(17)24-20(27)25-23-10-12-5-6-13(21)9-15(12)22/h5-6,9-11H,3-4,7-8H2,1-2H3,(H2,24,25,27). The predicted octanol–water partition coefficient (Wildman–Crippen LogP) is 5.51. The molecule has 1 aliphatic carbocycles. The van der Waals surface area contributed by atoms with Crippen LogP contribution >= 0.6 is 34.5 Å². The monoisotopic (exact) mass is 453 g/mol. The van der Waals surface area contributed by atoms with Crippen LogP contribution in [0.3, 0.4) is 0 Å². The fourth-order valence-corrected chi connectivity index (χ4v) is 5.01. The molecule has 1 aliphatic rings. The second-order valence-electron chi connectivity index (χ2n) is 6.77. The zero-order chi connectivity index (χ0) is 21.0. The van der Waals surface area contributed by atoms with Crippen molar-refractivity contribution in [2.45, 2.75) is 33.1 Å². The summed E-state index contributed by atoms with van der Waals surface area (Å²) in [5, 5.41) is 8.06. The molecule has 1 aromatic heterocycles. The molecule has 29 heavy (non-hydrogen) atoms. The highest BCUT2D eigenvalue weighted by atomic mass is 35.5. The summed E-state index contributed by atoms with van der Waals surface area (Å²) in [7, 11) is 0. The van der Waals surface area contributed by atoms with E-state index in [0.29, 0.717) is 32.1 Å². The van der Waals surface area contributed by atoms with E-state index in [2.05, 4.69) is 22.8 Å². The van der Waals surface area contributed by atoms with Gasteiger partial charge >= 0.3 is 12.0 Å². The minimum Gasteiger partial charge on any atom is -0.462 e. The zero-order valence-corrected chi connectivity index (χ0v) is 18.4. The Hall–Kier alpha value is -2.09. The van der Waals surface area contributed by atoms with Crippen LogP contribution in [-0.2, 0) is 17.6 Å². The van der Waals surface area contributed by atoms with Gasteiger partial charge in [0.2, 0.25) is 0 Å². The number of anilines is 1. The number of ether oxygens (including phenoxy) is 1. The fourth-order valence-electron chi connectivity index (χ4n) is 3.16. The summed E-state index contributed by atoms with van der Waals surface area (Å²) in [6.45, 7) is 4.22. The van der Waals surface area contributed by atoms with Crippen molar-refractivity contribution < 1.29 is 14.3 Å². The summed E-state index contributed by atoms with van der Waals surface area (Å²) in [4.78, 5) is 25.9. The number of benzene rings is 1. The van der Waals surface area contributed by atoms with E-state index in [9.17, 15) is 9.59 Å². The van der Waals surface area contributed by atoms with Gasteiger partial charge < -0.3 is 4.74 Å². The second kappa shape index (κ2) is 9.61. The number of hydrazone groups is 1. The number of hydrogen-bond donors (Lipinski definition) is 2. The number of hydrogen-bond acceptors (Lipinski definition) is 5. The van der Waals surface area contributed by atoms with Crippen molar-refractivity contribution in [1.29, 1.82) is 0 Å². The summed E-state index contributed by atoms with van der Waals surface area (Å²) < 4.78 is 5.20. The van der Waals surface area contributed by atoms with Gasteiger partial charge in [-0.1, -0.05) is 36.2 Å². The number of fused-ring (bicyclic) bond motifs is 1. The van der Waals surface area contributed by atoms with Gasteiger partial charge in [-0.25, -0.2) is 15.0 Å². The van der Waals surface area contributed by atoms with Crippen molar-refractivity contribution in [3.05, 3.63) is 49.8 Å². The molecule has 6 nitrogen and oxygen atoms in total. The minimum absolute atomic E-state index is 0.275. The maximum absolute atomic E-state index is 12.5. The number of nitrogens with one attached hydrogen (secondary N) is 2. The van der Waals surface area contributed by atoms with Crippen molar-refractivity contribution in [1.82, 2.24) is 5.43 Å². The number of esters is 1. The van der Waals surface area contributed by atoms with Gasteiger partial charge in [0, 0.05) is 15.5 Å². The molecule has 3 rings (SSSR count). The molecule has 0 fully saturated rings. The van der Waals surface area contributed by atoms with E-state index in [0.717, 1.165) is 29.7 Å². The Labute approximate surface area is 183 Å². The summed E-state index contributed by atoms with van der Waals surface area (Å²) >= 11 is 13.4. The van der Waals surface area contributed by atoms with E-state index in [4.69, 9.17) is 27.9 Å². The number of amides is 2. The molecule has 1 atom stereocenters. The number of halogens is 2. The van der Waals surface area contributed by atoms with Crippen LogP contribution in [0.2, 0.25) is 10.0 Å². The largest absolute Gasteiger partial charge is 0.462 e. The van der Waals surface area contributed by atoms with Gasteiger partial charge in [-0.2, -0.15) is 5.10 Å². The van der Waals surface area contributed by atoms with Crippen molar-refractivity contribution in [2.75, 3.05) is 11.9 Å². The Balaban J connectivity index is 1.74. The molecule has 2 N–H and O–H groups in total. The molecule has 2 aromatic rings. The van der Waals surface area contributed by atoms with Crippen LogP contribution in [0.25, 0.3) is 0 Å². The third-order valence-corrected chi connectivity index (χ3v) is 6.28. The molecule has 0 spiro atoms. The molecular formula is C20H21Cl2N3O3S. The lowest BCUT2D eigenvalue weighted by Crippen LogP contribution is -2.25. The highest BCUT2D eigenvalue weighted by Crippen LogP contribution is 2.40. The maximum atomic E-state index is 12.5. The summed E-state index contributed by atoms with van der Waals surface area (Å²) in [5.41, 5.74) is 4.45. The normalized spacial score (nSPS) is 15.8. The van der Waals surface area contributed by atoms with Crippen LogP contribution in [0, 0.1) is 5.92 Å². The lowest BCUT2D eigenvalue weighted by molar-refractivity contribution is 0.0526. The zero-order valence-electron chi connectivity index (χ0n) is 16.1. The van der Waals surface area contributed by atoms with Crippen molar-refractivity contribution in [3.63, 3.8) is 0 Å². The molecule has 1 heterocycles. The SMILES string of the molecule is CCOC(=O)c1c(NC(=O)NN=Cc2ccc(Cl)cc2Cl)sc2c1CCC(C)C2. The lowest BCUT2D eigenvalue weighted by Gasteiger charge is -2.18. The second-order valence-corrected chi connectivity index (χ2v) is 8.72. The molecule has 0 bridgehead atoms. The van der Waals surface area contributed by atoms with E-state index in [1.54, 1.807) is 25.1 Å². The molecule has 154 valence electrons. The first-order valence-electron chi connectivity index (χ1n) is 9.25. The Morgan fingerprint density at radius 3 is 2.90 bits per heavy atom. The van der Waals surface area contributed by atoms with Gasteiger partial charge in [0.1, 0.15) is 5.00 Å². The number of carbonyl (C=O) groups is 2. The summed E-state index contributed by atoms with van der Waals surface area (Å²) in [6.07, 6.45) is 4.13. The topological polar surface area (TPSA) is 79.8 Å². The summed E-state index contributed by atoms with van der Waals surface area (Å²) in [5.74, 6) is 0.137. The Bertz CT molecular complexity index is 959. The molecule has 0 saturated carbocycles. The van der Waals surface area contributed by atoms with E-state index >= 15 is 0 Å². The number of carbonyl (C=O) groups excluding carboxylic acids is 2. The Kier molecular flexibility index (Phi) is 7.16. The van der Waals surface area contributed by atoms with Crippen LogP contribution < -0.4 is 10.7 Å². The molecule has 2 amide bonds.